The van der Waals surface area contributed by atoms with Crippen molar-refractivity contribution in [2.75, 3.05) is 0 Å². The summed E-state index contributed by atoms with van der Waals surface area (Å²) in [4.78, 5) is 0. The average Bonchev–Trinajstić information content (AvgIpc) is 2.68. The molecule has 3 nitrogen and oxygen atoms in total. The number of aromatic nitrogens is 2. The Morgan fingerprint density at radius 2 is 1.95 bits per heavy atom. The average molecular weight is 287 g/mol. The maximum atomic E-state index is 12.6. The molecule has 0 aliphatic rings. The lowest BCUT2D eigenvalue weighted by Gasteiger charge is -2.09. The summed E-state index contributed by atoms with van der Waals surface area (Å²) >= 11 is 5.81. The van der Waals surface area contributed by atoms with Crippen molar-refractivity contribution in [1.82, 2.24) is 9.78 Å². The molecular formula is C13H13ClF2N2O. The Bertz CT molecular complexity index is 561. The predicted octanol–water partition coefficient (Wildman–Crippen LogP) is 3.96. The summed E-state index contributed by atoms with van der Waals surface area (Å²) < 4.78 is 31.3. The molecule has 1 aromatic heterocycles. The van der Waals surface area contributed by atoms with Crippen LogP contribution in [0.3, 0.4) is 0 Å². The Morgan fingerprint density at radius 1 is 1.32 bits per heavy atom. The van der Waals surface area contributed by atoms with Gasteiger partial charge in [-0.05, 0) is 37.3 Å². The first-order valence-electron chi connectivity index (χ1n) is 5.68. The third kappa shape index (κ3) is 3.75. The number of aryl methyl sites for hydroxylation is 1. The first kappa shape index (κ1) is 14.0. The molecule has 0 atom stereocenters. The SMILES string of the molecule is Cc1cc(COC(C)(F)F)nn1-c1ccc(Cl)cc1. The largest absolute Gasteiger partial charge is 0.353 e. The minimum atomic E-state index is -3.15. The van der Waals surface area contributed by atoms with Gasteiger partial charge in [-0.1, -0.05) is 11.6 Å². The van der Waals surface area contributed by atoms with E-state index in [1.165, 1.54) is 0 Å². The Morgan fingerprint density at radius 3 is 2.53 bits per heavy atom. The van der Waals surface area contributed by atoms with E-state index in [4.69, 9.17) is 11.6 Å². The van der Waals surface area contributed by atoms with Crippen LogP contribution in [0.1, 0.15) is 18.3 Å². The number of hydrogen-bond donors (Lipinski definition) is 0. The lowest BCUT2D eigenvalue weighted by atomic mass is 10.3. The van der Waals surface area contributed by atoms with Crippen LogP contribution in [-0.4, -0.2) is 15.9 Å². The van der Waals surface area contributed by atoms with Gasteiger partial charge < -0.3 is 4.74 Å². The molecule has 0 saturated carbocycles. The van der Waals surface area contributed by atoms with Crippen LogP contribution in [0.15, 0.2) is 30.3 Å². The van der Waals surface area contributed by atoms with Crippen LogP contribution in [0.2, 0.25) is 5.02 Å². The Hall–Kier alpha value is -1.46. The topological polar surface area (TPSA) is 27.1 Å². The Balaban J connectivity index is 2.19. The molecule has 1 heterocycles. The molecule has 1 aromatic carbocycles. The molecule has 0 aliphatic heterocycles. The molecule has 0 bridgehead atoms. The van der Waals surface area contributed by atoms with E-state index in [0.717, 1.165) is 11.4 Å². The van der Waals surface area contributed by atoms with Gasteiger partial charge >= 0.3 is 6.11 Å². The number of hydrogen-bond acceptors (Lipinski definition) is 2. The summed E-state index contributed by atoms with van der Waals surface area (Å²) in [5.74, 6) is 0. The fourth-order valence-electron chi connectivity index (χ4n) is 1.65. The van der Waals surface area contributed by atoms with Crippen LogP contribution in [0, 0.1) is 6.92 Å². The summed E-state index contributed by atoms with van der Waals surface area (Å²) in [6.07, 6.45) is -3.15. The zero-order chi connectivity index (χ0) is 14.0. The van der Waals surface area contributed by atoms with Crippen LogP contribution in [0.25, 0.3) is 5.69 Å². The molecule has 0 saturated heterocycles. The van der Waals surface area contributed by atoms with Gasteiger partial charge in [0.25, 0.3) is 0 Å². The van der Waals surface area contributed by atoms with Crippen molar-refractivity contribution in [3.05, 3.63) is 46.7 Å². The molecule has 102 valence electrons. The van der Waals surface area contributed by atoms with Gasteiger partial charge in [-0.3, -0.25) is 0 Å². The maximum absolute atomic E-state index is 12.6. The Kier molecular flexibility index (Phi) is 3.87. The predicted molar refractivity (Wildman–Crippen MR) is 68.7 cm³/mol. The monoisotopic (exact) mass is 286 g/mol. The smallest absolute Gasteiger partial charge is 0.314 e. The lowest BCUT2D eigenvalue weighted by Crippen LogP contribution is -2.15. The zero-order valence-corrected chi connectivity index (χ0v) is 11.3. The summed E-state index contributed by atoms with van der Waals surface area (Å²) in [7, 11) is 0. The van der Waals surface area contributed by atoms with E-state index < -0.39 is 6.11 Å². The quantitative estimate of drug-likeness (QED) is 0.850. The molecule has 0 unspecified atom stereocenters. The molecule has 2 rings (SSSR count). The fourth-order valence-corrected chi connectivity index (χ4v) is 1.78. The molecule has 0 N–H and O–H groups in total. The van der Waals surface area contributed by atoms with Crippen molar-refractivity contribution in [2.24, 2.45) is 0 Å². The molecule has 0 spiro atoms. The highest BCUT2D eigenvalue weighted by Gasteiger charge is 2.22. The Labute approximate surface area is 114 Å². The van der Waals surface area contributed by atoms with Crippen molar-refractivity contribution in [2.45, 2.75) is 26.6 Å². The number of benzene rings is 1. The number of ether oxygens (including phenoxy) is 1. The van der Waals surface area contributed by atoms with Gasteiger partial charge in [-0.15, -0.1) is 0 Å². The van der Waals surface area contributed by atoms with Crippen molar-refractivity contribution in [1.29, 1.82) is 0 Å². The van der Waals surface area contributed by atoms with Crippen LogP contribution >= 0.6 is 11.6 Å². The number of rotatable bonds is 4. The summed E-state index contributed by atoms with van der Waals surface area (Å²) in [5.41, 5.74) is 2.10. The van der Waals surface area contributed by atoms with Gasteiger partial charge in [0.1, 0.15) is 0 Å². The minimum Gasteiger partial charge on any atom is -0.314 e. The normalized spacial score (nSPS) is 11.8. The summed E-state index contributed by atoms with van der Waals surface area (Å²) in [6.45, 7) is 2.32. The van der Waals surface area contributed by atoms with Gasteiger partial charge in [0.05, 0.1) is 18.0 Å². The molecule has 0 aliphatic carbocycles. The summed E-state index contributed by atoms with van der Waals surface area (Å²) in [5, 5.41) is 4.86. The third-order valence-electron chi connectivity index (χ3n) is 2.48. The van der Waals surface area contributed by atoms with Crippen molar-refractivity contribution in [3.8, 4) is 5.69 Å². The highest BCUT2D eigenvalue weighted by molar-refractivity contribution is 6.30. The van der Waals surface area contributed by atoms with Crippen molar-refractivity contribution in [3.63, 3.8) is 0 Å². The van der Waals surface area contributed by atoms with Gasteiger partial charge in [-0.25, -0.2) is 4.68 Å². The lowest BCUT2D eigenvalue weighted by molar-refractivity contribution is -0.231. The van der Waals surface area contributed by atoms with Gasteiger partial charge in [-0.2, -0.15) is 13.9 Å². The molecule has 0 amide bonds. The molecule has 0 fully saturated rings. The first-order valence-corrected chi connectivity index (χ1v) is 6.06. The second kappa shape index (κ2) is 5.27. The highest BCUT2D eigenvalue weighted by Crippen LogP contribution is 2.19. The van der Waals surface area contributed by atoms with E-state index in [0.29, 0.717) is 17.6 Å². The van der Waals surface area contributed by atoms with E-state index in [-0.39, 0.29) is 6.61 Å². The second-order valence-corrected chi connectivity index (χ2v) is 4.70. The molecule has 2 aromatic rings. The van der Waals surface area contributed by atoms with E-state index >= 15 is 0 Å². The standard InChI is InChI=1S/C13H13ClF2N2O/c1-9-7-11(8-19-13(2,15)16)17-18(9)12-5-3-10(14)4-6-12/h3-7H,8H2,1-2H3. The zero-order valence-electron chi connectivity index (χ0n) is 10.5. The van der Waals surface area contributed by atoms with Gasteiger partial charge in [0, 0.05) is 17.6 Å². The van der Waals surface area contributed by atoms with Crippen molar-refractivity contribution >= 4 is 11.6 Å². The van der Waals surface area contributed by atoms with Crippen LogP contribution in [0.4, 0.5) is 8.78 Å². The molecule has 19 heavy (non-hydrogen) atoms. The van der Waals surface area contributed by atoms with Gasteiger partial charge in [0.2, 0.25) is 0 Å². The van der Waals surface area contributed by atoms with Crippen LogP contribution in [-0.2, 0) is 11.3 Å². The van der Waals surface area contributed by atoms with E-state index in [2.05, 4.69) is 9.84 Å². The van der Waals surface area contributed by atoms with Crippen LogP contribution in [0.5, 0.6) is 0 Å². The maximum Gasteiger partial charge on any atom is 0.353 e. The fraction of sp³-hybridized carbons (Fsp3) is 0.308. The highest BCUT2D eigenvalue weighted by atomic mass is 35.5. The van der Waals surface area contributed by atoms with Gasteiger partial charge in [0.15, 0.2) is 0 Å². The molecule has 6 heteroatoms. The first-order chi connectivity index (χ1) is 8.85. The third-order valence-corrected chi connectivity index (χ3v) is 2.73. The number of alkyl halides is 2. The number of nitrogens with zero attached hydrogens (tertiary/aromatic N) is 2. The second-order valence-electron chi connectivity index (χ2n) is 4.26. The summed E-state index contributed by atoms with van der Waals surface area (Å²) in [6, 6.07) is 8.81. The molecule has 0 radical (unpaired) electrons. The van der Waals surface area contributed by atoms with Crippen molar-refractivity contribution < 1.29 is 13.5 Å². The van der Waals surface area contributed by atoms with E-state index in [9.17, 15) is 8.78 Å². The van der Waals surface area contributed by atoms with Crippen LogP contribution < -0.4 is 0 Å². The number of halogens is 3. The molecular weight excluding hydrogens is 274 g/mol. The van der Waals surface area contributed by atoms with E-state index in [1.54, 1.807) is 35.0 Å². The van der Waals surface area contributed by atoms with E-state index in [1.807, 2.05) is 6.92 Å². The minimum absolute atomic E-state index is 0.231.